The van der Waals surface area contributed by atoms with E-state index in [1.165, 1.54) is 17.7 Å². The molecule has 3 aromatic rings. The molecular weight excluding hydrogens is 473 g/mol. The van der Waals surface area contributed by atoms with Crippen molar-refractivity contribution in [2.24, 2.45) is 4.99 Å². The van der Waals surface area contributed by atoms with Crippen molar-refractivity contribution < 1.29 is 9.13 Å². The highest BCUT2D eigenvalue weighted by Gasteiger charge is 2.09. The van der Waals surface area contributed by atoms with Crippen LogP contribution in [0.5, 0.6) is 5.75 Å². The highest BCUT2D eigenvalue weighted by Crippen LogP contribution is 2.35. The molecule has 0 aliphatic heterocycles. The van der Waals surface area contributed by atoms with E-state index in [1.807, 2.05) is 30.5 Å². The van der Waals surface area contributed by atoms with Gasteiger partial charge in [0.05, 0.1) is 14.6 Å². The van der Waals surface area contributed by atoms with Crippen LogP contribution in [0, 0.1) is 5.82 Å². The van der Waals surface area contributed by atoms with Crippen molar-refractivity contribution in [3.63, 3.8) is 0 Å². The van der Waals surface area contributed by atoms with E-state index >= 15 is 0 Å². The Labute approximate surface area is 175 Å². The van der Waals surface area contributed by atoms with E-state index in [4.69, 9.17) is 4.74 Å². The normalized spacial score (nSPS) is 11.1. The van der Waals surface area contributed by atoms with E-state index in [1.54, 1.807) is 12.1 Å². The van der Waals surface area contributed by atoms with Crippen LogP contribution in [0.2, 0.25) is 0 Å². The first kappa shape index (κ1) is 19.8. The maximum absolute atomic E-state index is 13.0. The second kappa shape index (κ2) is 9.29. The quantitative estimate of drug-likeness (QED) is 0.333. The first-order valence-electron chi connectivity index (χ1n) is 8.54. The van der Waals surface area contributed by atoms with E-state index in [0.717, 1.165) is 32.2 Å². The van der Waals surface area contributed by atoms with E-state index in [2.05, 4.69) is 55.9 Å². The minimum Gasteiger partial charge on any atom is -0.487 e. The zero-order chi connectivity index (χ0) is 19.2. The van der Waals surface area contributed by atoms with Gasteiger partial charge in [-0.2, -0.15) is 0 Å². The van der Waals surface area contributed by atoms with Crippen LogP contribution in [-0.4, -0.2) is 6.21 Å². The molecule has 5 heteroatoms. The molecule has 0 saturated heterocycles. The number of hydrogen-bond acceptors (Lipinski definition) is 2. The molecule has 0 aliphatic carbocycles. The Morgan fingerprint density at radius 2 is 1.52 bits per heavy atom. The van der Waals surface area contributed by atoms with Crippen molar-refractivity contribution in [2.75, 3.05) is 0 Å². The van der Waals surface area contributed by atoms with E-state index in [9.17, 15) is 4.39 Å². The maximum atomic E-state index is 13.0. The fourth-order valence-electron chi connectivity index (χ4n) is 2.49. The predicted molar refractivity (Wildman–Crippen MR) is 116 cm³/mol. The van der Waals surface area contributed by atoms with E-state index in [-0.39, 0.29) is 5.82 Å². The summed E-state index contributed by atoms with van der Waals surface area (Å²) >= 11 is 7.10. The fraction of sp³-hybridized carbons (Fsp3) is 0.136. The van der Waals surface area contributed by atoms with Crippen LogP contribution >= 0.6 is 31.9 Å². The Balaban J connectivity index is 1.71. The van der Waals surface area contributed by atoms with Crippen molar-refractivity contribution in [3.8, 4) is 5.75 Å². The number of hydrogen-bond donors (Lipinski definition) is 0. The Bertz CT molecular complexity index is 915. The molecule has 0 radical (unpaired) electrons. The van der Waals surface area contributed by atoms with E-state index in [0.29, 0.717) is 12.4 Å². The van der Waals surface area contributed by atoms with Crippen LogP contribution in [0.25, 0.3) is 0 Å². The molecule has 0 saturated carbocycles. The average molecular weight is 491 g/mol. The molecule has 0 N–H and O–H groups in total. The monoisotopic (exact) mass is 489 g/mol. The van der Waals surface area contributed by atoms with Gasteiger partial charge >= 0.3 is 0 Å². The zero-order valence-electron chi connectivity index (χ0n) is 14.8. The van der Waals surface area contributed by atoms with Gasteiger partial charge in [0.2, 0.25) is 0 Å². The molecule has 27 heavy (non-hydrogen) atoms. The Morgan fingerprint density at radius 3 is 2.11 bits per heavy atom. The largest absolute Gasteiger partial charge is 0.487 e. The van der Waals surface area contributed by atoms with Crippen molar-refractivity contribution in [1.29, 1.82) is 0 Å². The SMILES string of the molecule is CCc1ccc(N=Cc2cc(Br)c(OCc3ccc(F)cc3)c(Br)c2)cc1. The smallest absolute Gasteiger partial charge is 0.148 e. The minimum absolute atomic E-state index is 0.255. The van der Waals surface area contributed by atoms with Gasteiger partial charge in [-0.25, -0.2) is 4.39 Å². The summed E-state index contributed by atoms with van der Waals surface area (Å²) in [5.41, 5.74) is 4.05. The second-order valence-corrected chi connectivity index (χ2v) is 7.72. The molecule has 0 fully saturated rings. The molecule has 2 nitrogen and oxygen atoms in total. The van der Waals surface area contributed by atoms with Gasteiger partial charge in [0, 0.05) is 6.21 Å². The van der Waals surface area contributed by atoms with Gasteiger partial charge in [-0.3, -0.25) is 4.99 Å². The molecule has 0 spiro atoms. The van der Waals surface area contributed by atoms with Gasteiger partial charge in [0.15, 0.2) is 0 Å². The summed E-state index contributed by atoms with van der Waals surface area (Å²) in [6, 6.07) is 18.4. The summed E-state index contributed by atoms with van der Waals surface area (Å²) in [5, 5.41) is 0. The number of rotatable bonds is 6. The maximum Gasteiger partial charge on any atom is 0.148 e. The number of ether oxygens (including phenoxy) is 1. The summed E-state index contributed by atoms with van der Waals surface area (Å²) in [4.78, 5) is 4.52. The fourth-order valence-corrected chi connectivity index (χ4v) is 3.95. The molecule has 0 atom stereocenters. The van der Waals surface area contributed by atoms with Gasteiger partial charge < -0.3 is 4.74 Å². The third kappa shape index (κ3) is 5.50. The van der Waals surface area contributed by atoms with Gasteiger partial charge in [-0.05, 0) is 91.4 Å². The molecule has 3 rings (SSSR count). The standard InChI is InChI=1S/C22H18Br2FNO/c1-2-15-5-9-19(10-6-15)26-13-17-11-20(23)22(21(24)12-17)27-14-16-3-7-18(25)8-4-16/h3-13H,2,14H2,1H3. The van der Waals surface area contributed by atoms with Gasteiger partial charge in [0.25, 0.3) is 0 Å². The Kier molecular flexibility index (Phi) is 6.80. The minimum atomic E-state index is -0.255. The molecule has 0 heterocycles. The molecule has 0 amide bonds. The van der Waals surface area contributed by atoms with Crippen LogP contribution in [-0.2, 0) is 13.0 Å². The van der Waals surface area contributed by atoms with E-state index < -0.39 is 0 Å². The Morgan fingerprint density at radius 1 is 0.926 bits per heavy atom. The number of aliphatic imine (C=N–C) groups is 1. The second-order valence-electron chi connectivity index (χ2n) is 6.01. The van der Waals surface area contributed by atoms with Crippen LogP contribution in [0.3, 0.4) is 0 Å². The van der Waals surface area contributed by atoms with Gasteiger partial charge in [-0.15, -0.1) is 0 Å². The van der Waals surface area contributed by atoms with Crippen molar-refractivity contribution in [2.45, 2.75) is 20.0 Å². The molecule has 138 valence electrons. The molecule has 0 aliphatic rings. The zero-order valence-corrected chi connectivity index (χ0v) is 17.9. The number of benzene rings is 3. The van der Waals surface area contributed by atoms with Crippen molar-refractivity contribution in [1.82, 2.24) is 0 Å². The molecule has 0 bridgehead atoms. The lowest BCUT2D eigenvalue weighted by atomic mass is 10.1. The third-order valence-electron chi connectivity index (χ3n) is 4.02. The average Bonchev–Trinajstić information content (AvgIpc) is 2.67. The first-order chi connectivity index (χ1) is 13.0. The summed E-state index contributed by atoms with van der Waals surface area (Å²) in [5.74, 6) is 0.442. The lowest BCUT2D eigenvalue weighted by Gasteiger charge is -2.11. The number of halogens is 3. The molecule has 0 unspecified atom stereocenters. The molecular formula is C22H18Br2FNO. The first-order valence-corrected chi connectivity index (χ1v) is 10.1. The third-order valence-corrected chi connectivity index (χ3v) is 5.20. The number of aryl methyl sites for hydroxylation is 1. The summed E-state index contributed by atoms with van der Waals surface area (Å²) in [7, 11) is 0. The van der Waals surface area contributed by atoms with Crippen LogP contribution in [0.4, 0.5) is 10.1 Å². The van der Waals surface area contributed by atoms with Crippen LogP contribution in [0.15, 0.2) is 74.6 Å². The molecule has 0 aromatic heterocycles. The summed E-state index contributed by atoms with van der Waals surface area (Å²) < 4.78 is 20.5. The summed E-state index contributed by atoms with van der Waals surface area (Å²) in [6.45, 7) is 2.49. The van der Waals surface area contributed by atoms with Crippen molar-refractivity contribution in [3.05, 3.63) is 92.1 Å². The lowest BCUT2D eigenvalue weighted by Crippen LogP contribution is -1.98. The Hall–Kier alpha value is -1.98. The van der Waals surface area contributed by atoms with Crippen LogP contribution in [0.1, 0.15) is 23.6 Å². The summed E-state index contributed by atoms with van der Waals surface area (Å²) in [6.07, 6.45) is 2.84. The van der Waals surface area contributed by atoms with Gasteiger partial charge in [0.1, 0.15) is 18.2 Å². The highest BCUT2D eigenvalue weighted by atomic mass is 79.9. The number of nitrogens with zero attached hydrogens (tertiary/aromatic N) is 1. The predicted octanol–water partition coefficient (Wildman–Crippen LogP) is 7.24. The highest BCUT2D eigenvalue weighted by molar-refractivity contribution is 9.11. The van der Waals surface area contributed by atoms with Crippen LogP contribution < -0.4 is 4.74 Å². The van der Waals surface area contributed by atoms with Gasteiger partial charge in [-0.1, -0.05) is 31.2 Å². The molecule has 3 aromatic carbocycles. The lowest BCUT2D eigenvalue weighted by molar-refractivity contribution is 0.302. The van der Waals surface area contributed by atoms with Crippen molar-refractivity contribution >= 4 is 43.8 Å². The topological polar surface area (TPSA) is 21.6 Å².